The van der Waals surface area contributed by atoms with Gasteiger partial charge in [-0.1, -0.05) is 0 Å². The average Bonchev–Trinajstić information content (AvgIpc) is 3.52. The van der Waals surface area contributed by atoms with Gasteiger partial charge in [-0.3, -0.25) is 9.59 Å². The molecule has 1 spiro atoms. The molecule has 3 aromatic heterocycles. The second-order valence-electron chi connectivity index (χ2n) is 8.39. The smallest absolute Gasteiger partial charge is 0.241 e. The van der Waals surface area contributed by atoms with Gasteiger partial charge in [0.15, 0.2) is 5.82 Å². The molecule has 7 nitrogen and oxygen atoms in total. The number of fused-ring (bicyclic) bond motifs is 4. The number of pyridine rings is 1. The van der Waals surface area contributed by atoms with Crippen LogP contribution >= 0.6 is 11.3 Å². The summed E-state index contributed by atoms with van der Waals surface area (Å²) in [7, 11) is 3.55. The van der Waals surface area contributed by atoms with Crippen molar-refractivity contribution in [2.75, 3.05) is 38.6 Å². The second-order valence-corrected chi connectivity index (χ2v) is 9.17. The lowest BCUT2D eigenvalue weighted by molar-refractivity contribution is -0.129. The van der Waals surface area contributed by atoms with Crippen LogP contribution in [0.15, 0.2) is 53.5 Å². The van der Waals surface area contributed by atoms with Gasteiger partial charge in [0.25, 0.3) is 0 Å². The summed E-state index contributed by atoms with van der Waals surface area (Å²) in [4.78, 5) is 36.3. The molecule has 2 aliphatic rings. The maximum Gasteiger partial charge on any atom is 0.241 e. The monoisotopic (exact) mass is 435 g/mol. The highest BCUT2D eigenvalue weighted by molar-refractivity contribution is 7.08. The van der Waals surface area contributed by atoms with Gasteiger partial charge in [-0.2, -0.15) is 11.3 Å². The summed E-state index contributed by atoms with van der Waals surface area (Å²) in [5.74, 6) is 0.976. The predicted octanol–water partition coefficient (Wildman–Crippen LogP) is 2.51. The van der Waals surface area contributed by atoms with E-state index in [0.717, 1.165) is 29.2 Å². The molecule has 1 unspecified atom stereocenters. The van der Waals surface area contributed by atoms with Crippen LogP contribution < -0.4 is 4.90 Å². The zero-order valence-electron chi connectivity index (χ0n) is 17.7. The zero-order valence-corrected chi connectivity index (χ0v) is 18.5. The number of hydrogen-bond acceptors (Lipinski definition) is 5. The first kappa shape index (κ1) is 19.8. The Morgan fingerprint density at radius 2 is 2.10 bits per heavy atom. The number of amides is 2. The Labute approximate surface area is 185 Å². The van der Waals surface area contributed by atoms with Crippen LogP contribution in [-0.2, 0) is 21.5 Å². The van der Waals surface area contributed by atoms with Crippen molar-refractivity contribution in [3.63, 3.8) is 0 Å². The molecule has 1 atom stereocenters. The van der Waals surface area contributed by atoms with Crippen molar-refractivity contribution in [2.45, 2.75) is 18.4 Å². The van der Waals surface area contributed by atoms with Crippen LogP contribution in [0.4, 0.5) is 5.69 Å². The highest BCUT2D eigenvalue weighted by Crippen LogP contribution is 2.46. The van der Waals surface area contributed by atoms with Crippen LogP contribution in [0.1, 0.15) is 17.7 Å². The van der Waals surface area contributed by atoms with Gasteiger partial charge in [0.2, 0.25) is 11.8 Å². The average molecular weight is 436 g/mol. The van der Waals surface area contributed by atoms with E-state index in [-0.39, 0.29) is 18.4 Å². The third kappa shape index (κ3) is 3.22. The largest absolute Gasteiger partial charge is 0.347 e. The number of likely N-dealkylation sites (tertiary alicyclic amines) is 1. The summed E-state index contributed by atoms with van der Waals surface area (Å²) in [5.41, 5.74) is 2.59. The van der Waals surface area contributed by atoms with Gasteiger partial charge >= 0.3 is 0 Å². The SMILES string of the molecule is CN(C)C(=O)CN1c2cccnc2-n2cccc2C12CCN(C(=O)Cc1ccsc1)C2. The van der Waals surface area contributed by atoms with Gasteiger partial charge < -0.3 is 19.3 Å². The van der Waals surface area contributed by atoms with Gasteiger partial charge in [0, 0.05) is 39.6 Å². The van der Waals surface area contributed by atoms with Crippen molar-refractivity contribution >= 4 is 28.8 Å². The quantitative estimate of drug-likeness (QED) is 0.632. The Morgan fingerprint density at radius 1 is 1.23 bits per heavy atom. The van der Waals surface area contributed by atoms with Crippen LogP contribution in [0.5, 0.6) is 0 Å². The molecule has 2 amide bonds. The van der Waals surface area contributed by atoms with Crippen LogP contribution in [0.25, 0.3) is 5.82 Å². The summed E-state index contributed by atoms with van der Waals surface area (Å²) in [5, 5.41) is 4.03. The van der Waals surface area contributed by atoms with Gasteiger partial charge in [0.1, 0.15) is 5.54 Å². The van der Waals surface area contributed by atoms with Gasteiger partial charge in [-0.15, -0.1) is 0 Å². The minimum Gasteiger partial charge on any atom is -0.347 e. The first-order valence-corrected chi connectivity index (χ1v) is 11.3. The molecule has 1 fully saturated rings. The molecule has 0 bridgehead atoms. The van der Waals surface area contributed by atoms with Crippen LogP contribution in [0.2, 0.25) is 0 Å². The fraction of sp³-hybridized carbons (Fsp3) is 0.348. The molecule has 31 heavy (non-hydrogen) atoms. The molecule has 8 heteroatoms. The van der Waals surface area contributed by atoms with Crippen LogP contribution in [0, 0.1) is 0 Å². The zero-order chi connectivity index (χ0) is 21.6. The maximum atomic E-state index is 13.1. The van der Waals surface area contributed by atoms with E-state index in [1.165, 1.54) is 0 Å². The summed E-state index contributed by atoms with van der Waals surface area (Å²) in [6.45, 7) is 1.45. The minimum absolute atomic E-state index is 0.0252. The lowest BCUT2D eigenvalue weighted by atomic mass is 9.88. The summed E-state index contributed by atoms with van der Waals surface area (Å²) >= 11 is 1.61. The molecule has 160 valence electrons. The van der Waals surface area contributed by atoms with Crippen molar-refractivity contribution in [3.05, 3.63) is 64.7 Å². The number of carbonyl (C=O) groups excluding carboxylic acids is 2. The number of likely N-dealkylation sites (N-methyl/N-ethyl adjacent to an activating group) is 1. The molecule has 0 aromatic carbocycles. The molecule has 5 rings (SSSR count). The highest BCUT2D eigenvalue weighted by Gasteiger charge is 2.51. The van der Waals surface area contributed by atoms with E-state index in [0.29, 0.717) is 19.5 Å². The van der Waals surface area contributed by atoms with Crippen LogP contribution in [-0.4, -0.2) is 64.9 Å². The van der Waals surface area contributed by atoms with E-state index in [1.54, 1.807) is 36.5 Å². The number of anilines is 1. The van der Waals surface area contributed by atoms with E-state index in [2.05, 4.69) is 20.5 Å². The number of hydrogen-bond donors (Lipinski definition) is 0. The molecule has 5 heterocycles. The number of nitrogens with zero attached hydrogens (tertiary/aromatic N) is 5. The number of aromatic nitrogens is 2. The van der Waals surface area contributed by atoms with Gasteiger partial charge in [-0.25, -0.2) is 4.98 Å². The van der Waals surface area contributed by atoms with Gasteiger partial charge in [-0.05, 0) is 53.1 Å². The molecule has 0 N–H and O–H groups in total. The summed E-state index contributed by atoms with van der Waals surface area (Å²) < 4.78 is 2.11. The summed E-state index contributed by atoms with van der Waals surface area (Å²) in [6, 6.07) is 10.0. The summed E-state index contributed by atoms with van der Waals surface area (Å²) in [6.07, 6.45) is 4.97. The molecule has 0 aliphatic carbocycles. The lowest BCUT2D eigenvalue weighted by Gasteiger charge is -2.47. The molecule has 0 radical (unpaired) electrons. The topological polar surface area (TPSA) is 61.7 Å². The minimum atomic E-state index is -0.463. The lowest BCUT2D eigenvalue weighted by Crippen LogP contribution is -2.55. The molecule has 0 saturated carbocycles. The second kappa shape index (κ2) is 7.53. The third-order valence-electron chi connectivity index (χ3n) is 6.36. The van der Waals surface area contributed by atoms with Crippen molar-refractivity contribution in [1.29, 1.82) is 0 Å². The molecule has 2 aliphatic heterocycles. The van der Waals surface area contributed by atoms with Gasteiger partial charge in [0.05, 0.1) is 24.3 Å². The Hall–Kier alpha value is -3.13. The van der Waals surface area contributed by atoms with Crippen LogP contribution in [0.3, 0.4) is 0 Å². The number of thiophene rings is 1. The maximum absolute atomic E-state index is 13.1. The highest BCUT2D eigenvalue weighted by atomic mass is 32.1. The van der Waals surface area contributed by atoms with E-state index >= 15 is 0 Å². The predicted molar refractivity (Wildman–Crippen MR) is 121 cm³/mol. The Balaban J connectivity index is 1.54. The van der Waals surface area contributed by atoms with E-state index < -0.39 is 5.54 Å². The first-order valence-electron chi connectivity index (χ1n) is 10.4. The van der Waals surface area contributed by atoms with Crippen molar-refractivity contribution in [1.82, 2.24) is 19.4 Å². The van der Waals surface area contributed by atoms with E-state index in [1.807, 2.05) is 46.1 Å². The van der Waals surface area contributed by atoms with E-state index in [4.69, 9.17) is 0 Å². The fourth-order valence-electron chi connectivity index (χ4n) is 4.73. The van der Waals surface area contributed by atoms with E-state index in [9.17, 15) is 9.59 Å². The Morgan fingerprint density at radius 3 is 2.87 bits per heavy atom. The Kier molecular flexibility index (Phi) is 4.81. The number of rotatable bonds is 4. The molecule has 1 saturated heterocycles. The fourth-order valence-corrected chi connectivity index (χ4v) is 5.40. The first-order chi connectivity index (χ1) is 15.0. The molecular formula is C23H25N5O2S. The van der Waals surface area contributed by atoms with Crippen molar-refractivity contribution < 1.29 is 9.59 Å². The molecule has 3 aromatic rings. The van der Waals surface area contributed by atoms with Crippen molar-refractivity contribution in [2.24, 2.45) is 0 Å². The standard InChI is InChI=1S/C23H25N5O2S/c1-25(2)21(30)14-28-18-5-3-9-24-22(18)27-10-4-6-19(27)23(28)8-11-26(16-23)20(29)13-17-7-12-31-15-17/h3-7,9-10,12,15H,8,11,13-14,16H2,1-2H3. The normalized spacial score (nSPS) is 19.4. The molecular weight excluding hydrogens is 410 g/mol. The third-order valence-corrected chi connectivity index (χ3v) is 7.09. The number of carbonyl (C=O) groups is 2. The Bertz CT molecular complexity index is 1120. The van der Waals surface area contributed by atoms with Crippen molar-refractivity contribution in [3.8, 4) is 5.82 Å².